The summed E-state index contributed by atoms with van der Waals surface area (Å²) in [6, 6.07) is 0. The zero-order valence-electron chi connectivity index (χ0n) is 15.8. The Labute approximate surface area is 190 Å². The monoisotopic (exact) mass is 614 g/mol. The molecule has 4 bridgehead atoms. The molecule has 0 radical (unpaired) electrons. The Balaban J connectivity index is 2.35. The highest BCUT2D eigenvalue weighted by Crippen LogP contribution is 2.90. The molecular weight excluding hydrogens is 609 g/mol. The van der Waals surface area contributed by atoms with E-state index < -0.39 is 88.4 Å². The van der Waals surface area contributed by atoms with Crippen LogP contribution in [-0.4, -0.2) is 83.0 Å². The van der Waals surface area contributed by atoms with Gasteiger partial charge >= 0.3 is 64.5 Å². The second-order valence-electron chi connectivity index (χ2n) is 7.78. The number of halogens is 16. The Kier molecular flexibility index (Phi) is 5.29. The van der Waals surface area contributed by atoms with Gasteiger partial charge in [0.1, 0.15) is 11.9 Å². The van der Waals surface area contributed by atoms with Gasteiger partial charge in [0.05, 0.1) is 0 Å². The molecule has 4 rings (SSSR count). The van der Waals surface area contributed by atoms with Gasteiger partial charge in [0.25, 0.3) is 0 Å². The van der Waals surface area contributed by atoms with Gasteiger partial charge in [-0.1, -0.05) is 15.9 Å². The number of carbonyl (C=O) groups excluding carboxylic acids is 2. The Hall–Kier alpha value is -1.63. The van der Waals surface area contributed by atoms with E-state index in [-0.39, 0.29) is 0 Å². The zero-order valence-corrected chi connectivity index (χ0v) is 17.4. The molecule has 0 atom stereocenters. The lowest BCUT2D eigenvalue weighted by atomic mass is 9.36. The largest absolute Gasteiger partial charge is 0.462 e. The molecular formula is C15H6BrF15O4. The summed E-state index contributed by atoms with van der Waals surface area (Å²) in [5, 5.41) is -0.698. The van der Waals surface area contributed by atoms with E-state index in [1.165, 1.54) is 0 Å². The molecule has 35 heavy (non-hydrogen) atoms. The predicted octanol–water partition coefficient (Wildman–Crippen LogP) is 4.43. The van der Waals surface area contributed by atoms with Crippen LogP contribution in [0.15, 0.2) is 0 Å². The fourth-order valence-electron chi connectivity index (χ4n) is 4.64. The highest BCUT2D eigenvalue weighted by Gasteiger charge is 3.22. The summed E-state index contributed by atoms with van der Waals surface area (Å²) in [5.41, 5.74) is -30.2. The summed E-state index contributed by atoms with van der Waals surface area (Å²) < 4.78 is 226. The first-order valence-corrected chi connectivity index (χ1v) is 9.68. The maximum Gasteiger partial charge on any atom is 0.344 e. The third-order valence-corrected chi connectivity index (χ3v) is 6.87. The van der Waals surface area contributed by atoms with Gasteiger partial charge in [0, 0.05) is 0 Å². The van der Waals surface area contributed by atoms with Crippen LogP contribution in [0, 0.1) is 5.41 Å². The van der Waals surface area contributed by atoms with Crippen LogP contribution >= 0.6 is 15.9 Å². The van der Waals surface area contributed by atoms with Crippen molar-refractivity contribution < 1.29 is 84.9 Å². The molecule has 0 amide bonds. The second kappa shape index (κ2) is 6.62. The summed E-state index contributed by atoms with van der Waals surface area (Å²) in [4.78, 5) is 22.3. The first-order chi connectivity index (χ1) is 15.3. The van der Waals surface area contributed by atoms with Crippen LogP contribution in [0.2, 0.25) is 0 Å². The van der Waals surface area contributed by atoms with Crippen LogP contribution in [0.25, 0.3) is 0 Å². The van der Waals surface area contributed by atoms with Crippen LogP contribution < -0.4 is 0 Å². The lowest BCUT2D eigenvalue weighted by Gasteiger charge is -2.75. The summed E-state index contributed by atoms with van der Waals surface area (Å²) in [5.74, 6) is -50.5. The topological polar surface area (TPSA) is 52.6 Å². The van der Waals surface area contributed by atoms with Crippen LogP contribution in [-0.2, 0) is 19.1 Å². The quantitative estimate of drug-likeness (QED) is 0.261. The minimum atomic E-state index is -7.91. The van der Waals surface area contributed by atoms with Crippen molar-refractivity contribution in [3.05, 3.63) is 0 Å². The normalized spacial score (nSPS) is 42.4. The van der Waals surface area contributed by atoms with Crippen molar-refractivity contribution >= 4 is 27.9 Å². The van der Waals surface area contributed by atoms with E-state index >= 15 is 0 Å². The Morgan fingerprint density at radius 1 is 0.514 bits per heavy atom. The predicted molar refractivity (Wildman–Crippen MR) is 79.3 cm³/mol. The summed E-state index contributed by atoms with van der Waals surface area (Å²) in [6.45, 7) is -5.47. The molecule has 20 heteroatoms. The first kappa shape index (κ1) is 27.9. The van der Waals surface area contributed by atoms with E-state index in [1.54, 1.807) is 0 Å². The molecule has 4 saturated carbocycles. The average Bonchev–Trinajstić information content (AvgIpc) is 2.71. The molecule has 4 aliphatic carbocycles. The lowest BCUT2D eigenvalue weighted by molar-refractivity contribution is -0.613. The maximum atomic E-state index is 14.9. The van der Waals surface area contributed by atoms with Crippen molar-refractivity contribution in [3.63, 3.8) is 0 Å². The molecule has 0 unspecified atom stereocenters. The van der Waals surface area contributed by atoms with Crippen molar-refractivity contribution in [2.45, 2.75) is 52.5 Å². The van der Waals surface area contributed by atoms with E-state index in [9.17, 15) is 75.4 Å². The fraction of sp³-hybridized carbons (Fsp3) is 0.867. The van der Waals surface area contributed by atoms with E-state index in [1.807, 2.05) is 0 Å². The third kappa shape index (κ3) is 2.10. The van der Waals surface area contributed by atoms with E-state index in [4.69, 9.17) is 0 Å². The zero-order chi connectivity index (χ0) is 27.7. The van der Waals surface area contributed by atoms with Gasteiger partial charge in [0.2, 0.25) is 5.41 Å². The van der Waals surface area contributed by atoms with Crippen molar-refractivity contribution in [2.24, 2.45) is 5.41 Å². The number of carbonyl (C=O) groups is 2. The SMILES string of the molecule is O=C(CBr)OCC(=O)OCC12C(F)(F)C3(F)C(F)(F)C(F)(C(F)(F)C(F)(C3(F)F)C1(F)F)C2(F)F. The smallest absolute Gasteiger partial charge is 0.344 e. The maximum absolute atomic E-state index is 14.9. The lowest BCUT2D eigenvalue weighted by Crippen LogP contribution is -3.08. The molecule has 0 aromatic heterocycles. The molecule has 0 saturated heterocycles. The van der Waals surface area contributed by atoms with Gasteiger partial charge in [0.15, 0.2) is 6.61 Å². The Bertz CT molecular complexity index is 868. The van der Waals surface area contributed by atoms with E-state index in [2.05, 4.69) is 25.4 Å². The molecule has 0 aliphatic heterocycles. The Morgan fingerprint density at radius 3 is 1.11 bits per heavy atom. The van der Waals surface area contributed by atoms with Crippen LogP contribution in [0.5, 0.6) is 0 Å². The van der Waals surface area contributed by atoms with E-state index in [0.717, 1.165) is 0 Å². The highest BCUT2D eigenvalue weighted by molar-refractivity contribution is 9.09. The van der Waals surface area contributed by atoms with Gasteiger partial charge < -0.3 is 9.47 Å². The van der Waals surface area contributed by atoms with Crippen molar-refractivity contribution in [1.29, 1.82) is 0 Å². The van der Waals surface area contributed by atoms with Gasteiger partial charge in [-0.3, -0.25) is 4.79 Å². The number of hydrogen-bond acceptors (Lipinski definition) is 4. The van der Waals surface area contributed by atoms with Crippen molar-refractivity contribution in [3.8, 4) is 0 Å². The summed E-state index contributed by atoms with van der Waals surface area (Å²) in [7, 11) is 0. The van der Waals surface area contributed by atoms with Crippen LogP contribution in [0.1, 0.15) is 0 Å². The summed E-state index contributed by atoms with van der Waals surface area (Å²) >= 11 is 2.44. The van der Waals surface area contributed by atoms with Gasteiger partial charge in [-0.05, 0) is 0 Å². The average molecular weight is 615 g/mol. The summed E-state index contributed by atoms with van der Waals surface area (Å²) in [6.07, 6.45) is 0. The van der Waals surface area contributed by atoms with Crippen molar-refractivity contribution in [1.82, 2.24) is 0 Å². The van der Waals surface area contributed by atoms with E-state index in [0.29, 0.717) is 0 Å². The highest BCUT2D eigenvalue weighted by atomic mass is 79.9. The number of alkyl halides is 16. The molecule has 0 spiro atoms. The standard InChI is InChI=1S/C15H6BrF15O4/c16-1-4(32)34-2-5(33)35-3-6-10(20,21)7(17)13(26,27)8(18,11(6,22)23)15(30,31)9(19,12(6,24)25)14(7,28)29/h1-3H2. The molecule has 0 N–H and O–H groups in total. The van der Waals surface area contributed by atoms with Gasteiger partial charge in [-0.15, -0.1) is 0 Å². The molecule has 4 fully saturated rings. The number of hydrogen-bond donors (Lipinski definition) is 0. The minimum absolute atomic E-state index is 0.698. The number of rotatable bonds is 5. The number of esters is 2. The van der Waals surface area contributed by atoms with Gasteiger partial charge in [-0.2, -0.15) is 26.3 Å². The third-order valence-electron chi connectivity index (χ3n) is 6.41. The first-order valence-electron chi connectivity index (χ1n) is 8.56. The molecule has 0 heterocycles. The van der Waals surface area contributed by atoms with Gasteiger partial charge in [-0.25, -0.2) is 44.3 Å². The van der Waals surface area contributed by atoms with Crippen LogP contribution in [0.3, 0.4) is 0 Å². The molecule has 4 nitrogen and oxygen atoms in total. The minimum Gasteiger partial charge on any atom is -0.462 e. The Morgan fingerprint density at radius 2 is 0.829 bits per heavy atom. The molecule has 0 aromatic carbocycles. The van der Waals surface area contributed by atoms with Crippen molar-refractivity contribution in [2.75, 3.05) is 18.5 Å². The fourth-order valence-corrected chi connectivity index (χ4v) is 4.80. The van der Waals surface area contributed by atoms with Crippen LogP contribution in [0.4, 0.5) is 65.9 Å². The molecule has 4 aliphatic rings. The molecule has 0 aromatic rings. The number of ether oxygens (including phenoxy) is 2. The second-order valence-corrected chi connectivity index (χ2v) is 8.34. The molecule has 202 valence electrons.